The van der Waals surface area contributed by atoms with E-state index in [1.807, 2.05) is 0 Å². The van der Waals surface area contributed by atoms with Crippen LogP contribution in [0.1, 0.15) is 5.82 Å². The molecule has 0 saturated heterocycles. The van der Waals surface area contributed by atoms with Crippen LogP contribution in [0.15, 0.2) is 5.16 Å². The van der Waals surface area contributed by atoms with Gasteiger partial charge in [-0.3, -0.25) is 5.32 Å². The van der Waals surface area contributed by atoms with Gasteiger partial charge in [0.2, 0.25) is 16.7 Å². The minimum atomic E-state index is -0.751. The van der Waals surface area contributed by atoms with Gasteiger partial charge in [0, 0.05) is 11.5 Å². The maximum absolute atomic E-state index is 11.4. The normalized spacial score (nSPS) is 10.7. The molecule has 9 nitrogen and oxygen atoms in total. The monoisotopic (exact) mass is 274 g/mol. The van der Waals surface area contributed by atoms with E-state index in [4.69, 9.17) is 0 Å². The highest BCUT2D eigenvalue weighted by Gasteiger charge is 2.21. The SMILES string of the molecule is CON=C(C(=O)OC)c1nsc(NC(=O)OC)n1. The summed E-state index contributed by atoms with van der Waals surface area (Å²) in [6.45, 7) is 0. The Hall–Kier alpha value is -2.23. The number of methoxy groups -OCH3 is 2. The van der Waals surface area contributed by atoms with Crippen molar-refractivity contribution in [1.82, 2.24) is 9.36 Å². The van der Waals surface area contributed by atoms with E-state index in [1.165, 1.54) is 21.3 Å². The van der Waals surface area contributed by atoms with Crippen molar-refractivity contribution in [2.45, 2.75) is 0 Å². The van der Waals surface area contributed by atoms with Crippen molar-refractivity contribution in [2.75, 3.05) is 26.6 Å². The Kier molecular flexibility index (Phi) is 4.99. The van der Waals surface area contributed by atoms with Crippen LogP contribution >= 0.6 is 11.5 Å². The van der Waals surface area contributed by atoms with E-state index in [1.54, 1.807) is 0 Å². The Morgan fingerprint density at radius 3 is 2.56 bits per heavy atom. The summed E-state index contributed by atoms with van der Waals surface area (Å²) in [5.41, 5.74) is -0.200. The molecule has 98 valence electrons. The van der Waals surface area contributed by atoms with Gasteiger partial charge in [0.05, 0.1) is 14.2 Å². The van der Waals surface area contributed by atoms with E-state index in [2.05, 4.69) is 34.1 Å². The highest BCUT2D eigenvalue weighted by molar-refractivity contribution is 7.10. The summed E-state index contributed by atoms with van der Waals surface area (Å²) in [5.74, 6) is -0.764. The Labute approximate surface area is 106 Å². The van der Waals surface area contributed by atoms with Crippen LogP contribution in [-0.2, 0) is 19.1 Å². The quantitative estimate of drug-likeness (QED) is 0.475. The van der Waals surface area contributed by atoms with E-state index in [0.717, 1.165) is 11.5 Å². The number of oxime groups is 1. The van der Waals surface area contributed by atoms with Crippen molar-refractivity contribution in [3.8, 4) is 0 Å². The zero-order valence-electron chi connectivity index (χ0n) is 9.79. The Balaban J connectivity index is 2.91. The average molecular weight is 274 g/mol. The first kappa shape index (κ1) is 13.8. The molecule has 0 fully saturated rings. The van der Waals surface area contributed by atoms with Crippen LogP contribution in [0.25, 0.3) is 0 Å². The smallest absolute Gasteiger partial charge is 0.413 e. The van der Waals surface area contributed by atoms with Crippen LogP contribution in [0.5, 0.6) is 0 Å². The summed E-state index contributed by atoms with van der Waals surface area (Å²) in [6.07, 6.45) is -0.694. The molecule has 1 aromatic rings. The lowest BCUT2D eigenvalue weighted by molar-refractivity contribution is -0.132. The minimum Gasteiger partial charge on any atom is -0.464 e. The molecule has 0 atom stereocenters. The molecule has 1 rings (SSSR count). The zero-order chi connectivity index (χ0) is 13.5. The van der Waals surface area contributed by atoms with Gasteiger partial charge < -0.3 is 14.3 Å². The van der Waals surface area contributed by atoms with E-state index in [9.17, 15) is 9.59 Å². The molecule has 1 amide bonds. The summed E-state index contributed by atoms with van der Waals surface area (Å²) in [6, 6.07) is 0. The van der Waals surface area contributed by atoms with Crippen LogP contribution in [0.3, 0.4) is 0 Å². The number of nitrogens with one attached hydrogen (secondary N) is 1. The Bertz CT molecular complexity index is 472. The number of anilines is 1. The molecule has 1 heterocycles. The van der Waals surface area contributed by atoms with Crippen molar-refractivity contribution >= 4 is 34.4 Å². The van der Waals surface area contributed by atoms with Gasteiger partial charge in [-0.05, 0) is 0 Å². The Morgan fingerprint density at radius 2 is 2.00 bits per heavy atom. The largest absolute Gasteiger partial charge is 0.464 e. The lowest BCUT2D eigenvalue weighted by Crippen LogP contribution is -2.19. The van der Waals surface area contributed by atoms with Crippen molar-refractivity contribution in [3.63, 3.8) is 0 Å². The highest BCUT2D eigenvalue weighted by Crippen LogP contribution is 2.12. The molecule has 0 unspecified atom stereocenters. The van der Waals surface area contributed by atoms with E-state index < -0.39 is 12.1 Å². The molecule has 0 aliphatic carbocycles. The molecule has 18 heavy (non-hydrogen) atoms. The third-order valence-corrected chi connectivity index (χ3v) is 2.22. The number of ether oxygens (including phenoxy) is 2. The fourth-order valence-electron chi connectivity index (χ4n) is 0.866. The summed E-state index contributed by atoms with van der Waals surface area (Å²) in [5, 5.41) is 5.92. The first-order valence-corrected chi connectivity index (χ1v) is 5.28. The fraction of sp³-hybridized carbons (Fsp3) is 0.375. The van der Waals surface area contributed by atoms with Crippen molar-refractivity contribution in [3.05, 3.63) is 5.82 Å². The van der Waals surface area contributed by atoms with E-state index in [0.29, 0.717) is 0 Å². The number of nitrogens with zero attached hydrogens (tertiary/aromatic N) is 3. The van der Waals surface area contributed by atoms with Gasteiger partial charge in [-0.25, -0.2) is 9.59 Å². The molecular weight excluding hydrogens is 264 g/mol. The van der Waals surface area contributed by atoms with Crippen molar-refractivity contribution in [2.24, 2.45) is 5.16 Å². The number of rotatable bonds is 4. The van der Waals surface area contributed by atoms with Crippen LogP contribution < -0.4 is 5.32 Å². The lowest BCUT2D eigenvalue weighted by atomic mass is 10.4. The van der Waals surface area contributed by atoms with Crippen LogP contribution in [0.2, 0.25) is 0 Å². The standard InChI is InChI=1S/C8H10N4O5S/c1-15-6(13)4(11-17-3)5-9-7(18-12-5)10-8(14)16-2/h1-3H3,(H,9,10,12,14). The third kappa shape index (κ3) is 3.38. The van der Waals surface area contributed by atoms with Crippen molar-refractivity contribution < 1.29 is 23.9 Å². The maximum Gasteiger partial charge on any atom is 0.413 e. The number of carbonyl (C=O) groups excluding carboxylic acids is 2. The first-order valence-electron chi connectivity index (χ1n) is 4.50. The molecule has 0 bridgehead atoms. The second-order valence-electron chi connectivity index (χ2n) is 2.65. The molecule has 1 aromatic heterocycles. The predicted octanol–water partition coefficient (Wildman–Crippen LogP) is 0.240. The first-order chi connectivity index (χ1) is 8.62. The Morgan fingerprint density at radius 1 is 1.28 bits per heavy atom. The van der Waals surface area contributed by atoms with Crippen LogP contribution in [0, 0.1) is 0 Å². The van der Waals surface area contributed by atoms with Crippen molar-refractivity contribution in [1.29, 1.82) is 0 Å². The summed E-state index contributed by atoms with van der Waals surface area (Å²) in [4.78, 5) is 30.7. The second kappa shape index (κ2) is 6.49. The molecule has 0 aliphatic rings. The molecule has 0 aliphatic heterocycles. The topological polar surface area (TPSA) is 112 Å². The van der Waals surface area contributed by atoms with Crippen LogP contribution in [-0.4, -0.2) is 48.5 Å². The summed E-state index contributed by atoms with van der Waals surface area (Å²) in [7, 11) is 3.67. The molecule has 0 spiro atoms. The van der Waals surface area contributed by atoms with Crippen LogP contribution in [0.4, 0.5) is 9.93 Å². The van der Waals surface area contributed by atoms with Gasteiger partial charge in [-0.15, -0.1) is 0 Å². The number of esters is 1. The highest BCUT2D eigenvalue weighted by atomic mass is 32.1. The maximum atomic E-state index is 11.4. The molecule has 10 heteroatoms. The number of hydrogen-bond donors (Lipinski definition) is 1. The van der Waals surface area contributed by atoms with Gasteiger partial charge in [-0.1, -0.05) is 5.16 Å². The van der Waals surface area contributed by atoms with E-state index in [-0.39, 0.29) is 16.7 Å². The third-order valence-electron chi connectivity index (χ3n) is 1.59. The van der Waals surface area contributed by atoms with Gasteiger partial charge in [0.25, 0.3) is 0 Å². The predicted molar refractivity (Wildman–Crippen MR) is 61.5 cm³/mol. The van der Waals surface area contributed by atoms with Gasteiger partial charge in [0.15, 0.2) is 0 Å². The van der Waals surface area contributed by atoms with Gasteiger partial charge in [0.1, 0.15) is 7.11 Å². The number of carbonyl (C=O) groups is 2. The second-order valence-corrected chi connectivity index (χ2v) is 3.41. The molecule has 0 saturated carbocycles. The lowest BCUT2D eigenvalue weighted by Gasteiger charge is -1.98. The summed E-state index contributed by atoms with van der Waals surface area (Å²) >= 11 is 0.858. The molecule has 1 N–H and O–H groups in total. The average Bonchev–Trinajstić information content (AvgIpc) is 2.83. The van der Waals surface area contributed by atoms with E-state index >= 15 is 0 Å². The van der Waals surface area contributed by atoms with Gasteiger partial charge in [-0.2, -0.15) is 9.36 Å². The fourth-order valence-corrected chi connectivity index (χ4v) is 1.42. The minimum absolute atomic E-state index is 0.0138. The van der Waals surface area contributed by atoms with Gasteiger partial charge >= 0.3 is 12.1 Å². The molecule has 0 aromatic carbocycles. The number of hydrogen-bond acceptors (Lipinski definition) is 9. The molecular formula is C8H10N4O5S. The summed E-state index contributed by atoms with van der Waals surface area (Å²) < 4.78 is 12.7. The molecule has 0 radical (unpaired) electrons. The number of aromatic nitrogens is 2. The number of amides is 1. The zero-order valence-corrected chi connectivity index (χ0v) is 10.6.